The molecule has 35 heavy (non-hydrogen) atoms. The number of anilines is 1. The number of hydrogen-bond acceptors (Lipinski definition) is 5. The Morgan fingerprint density at radius 1 is 1.00 bits per heavy atom. The van der Waals surface area contributed by atoms with E-state index in [4.69, 9.17) is 4.74 Å². The highest BCUT2D eigenvalue weighted by molar-refractivity contribution is 6.04. The van der Waals surface area contributed by atoms with Gasteiger partial charge in [-0.15, -0.1) is 0 Å². The van der Waals surface area contributed by atoms with Gasteiger partial charge in [0.25, 0.3) is 11.8 Å². The van der Waals surface area contributed by atoms with Gasteiger partial charge < -0.3 is 15.4 Å². The zero-order chi connectivity index (χ0) is 24.8. The van der Waals surface area contributed by atoms with Gasteiger partial charge in [-0.3, -0.25) is 14.3 Å². The largest absolute Gasteiger partial charge is 0.452 e. The van der Waals surface area contributed by atoms with Gasteiger partial charge in [-0.05, 0) is 44.4 Å². The number of benzene rings is 2. The Morgan fingerprint density at radius 2 is 1.69 bits per heavy atom. The van der Waals surface area contributed by atoms with Crippen LogP contribution in [0.4, 0.5) is 5.69 Å². The number of carbonyl (C=O) groups is 3. The van der Waals surface area contributed by atoms with Gasteiger partial charge in [0.15, 0.2) is 6.61 Å². The summed E-state index contributed by atoms with van der Waals surface area (Å²) in [5.74, 6) is -1.35. The maximum Gasteiger partial charge on any atom is 0.342 e. The number of amides is 2. The van der Waals surface area contributed by atoms with Crippen LogP contribution in [0.15, 0.2) is 54.6 Å². The summed E-state index contributed by atoms with van der Waals surface area (Å²) >= 11 is 0. The normalized spacial score (nSPS) is 13.4. The standard InChI is InChI=1S/C27H30N4O4/c1-18-25(19(2)31(30-18)16-20-10-4-3-5-11-20)27(34)35-17-24(32)29-23-15-9-8-14-22(23)26(33)28-21-12-6-7-13-21/h3-5,8-11,14-15,21H,6-7,12-13,16-17H2,1-2H3,(H,28,33)(H,29,32). The van der Waals surface area contributed by atoms with E-state index >= 15 is 0 Å². The number of aryl methyl sites for hydroxylation is 1. The molecule has 0 radical (unpaired) electrons. The van der Waals surface area contributed by atoms with Crippen LogP contribution in [0.1, 0.15) is 63.4 Å². The third-order valence-corrected chi connectivity index (χ3v) is 6.23. The van der Waals surface area contributed by atoms with Crippen molar-refractivity contribution in [3.63, 3.8) is 0 Å². The third-order valence-electron chi connectivity index (χ3n) is 6.23. The lowest BCUT2D eigenvalue weighted by Crippen LogP contribution is -2.33. The Balaban J connectivity index is 1.36. The van der Waals surface area contributed by atoms with Gasteiger partial charge in [-0.1, -0.05) is 55.3 Å². The number of carbonyl (C=O) groups excluding carboxylic acids is 3. The van der Waals surface area contributed by atoms with E-state index in [0.29, 0.717) is 34.7 Å². The lowest BCUT2D eigenvalue weighted by atomic mass is 10.1. The van der Waals surface area contributed by atoms with Crippen LogP contribution in [0, 0.1) is 13.8 Å². The quantitative estimate of drug-likeness (QED) is 0.480. The Kier molecular flexibility index (Phi) is 7.60. The molecule has 1 fully saturated rings. The Bertz CT molecular complexity index is 1210. The van der Waals surface area contributed by atoms with E-state index in [-0.39, 0.29) is 11.9 Å². The number of rotatable bonds is 8. The third kappa shape index (κ3) is 5.95. The first-order chi connectivity index (χ1) is 16.9. The van der Waals surface area contributed by atoms with Crippen LogP contribution in [-0.4, -0.2) is 40.2 Å². The maximum absolute atomic E-state index is 12.8. The fourth-order valence-electron chi connectivity index (χ4n) is 4.42. The minimum Gasteiger partial charge on any atom is -0.452 e. The van der Waals surface area contributed by atoms with Crippen molar-refractivity contribution in [1.82, 2.24) is 15.1 Å². The summed E-state index contributed by atoms with van der Waals surface area (Å²) in [6, 6.07) is 16.8. The predicted molar refractivity (Wildman–Crippen MR) is 132 cm³/mol. The fourth-order valence-corrected chi connectivity index (χ4v) is 4.42. The number of hydrogen-bond donors (Lipinski definition) is 2. The molecule has 0 saturated heterocycles. The zero-order valence-electron chi connectivity index (χ0n) is 20.0. The molecule has 1 saturated carbocycles. The molecule has 182 valence electrons. The van der Waals surface area contributed by atoms with Gasteiger partial charge in [0.05, 0.1) is 29.2 Å². The molecule has 8 heteroatoms. The number of ether oxygens (including phenoxy) is 1. The lowest BCUT2D eigenvalue weighted by molar-refractivity contribution is -0.119. The molecule has 8 nitrogen and oxygen atoms in total. The molecule has 3 aromatic rings. The van der Waals surface area contributed by atoms with Crippen LogP contribution in [0.25, 0.3) is 0 Å². The molecule has 0 atom stereocenters. The van der Waals surface area contributed by atoms with E-state index in [1.54, 1.807) is 42.8 Å². The van der Waals surface area contributed by atoms with Gasteiger partial charge in [0.2, 0.25) is 0 Å². The van der Waals surface area contributed by atoms with E-state index in [2.05, 4.69) is 15.7 Å². The highest BCUT2D eigenvalue weighted by atomic mass is 16.5. The van der Waals surface area contributed by atoms with Crippen molar-refractivity contribution in [2.75, 3.05) is 11.9 Å². The number of esters is 1. The van der Waals surface area contributed by atoms with Crippen LogP contribution in [0.3, 0.4) is 0 Å². The van der Waals surface area contributed by atoms with Crippen LogP contribution < -0.4 is 10.6 Å². The fraction of sp³-hybridized carbons (Fsp3) is 0.333. The summed E-state index contributed by atoms with van der Waals surface area (Å²) in [5.41, 5.74) is 3.39. The van der Waals surface area contributed by atoms with Crippen LogP contribution >= 0.6 is 0 Å². The van der Waals surface area contributed by atoms with Crippen molar-refractivity contribution in [2.45, 2.75) is 52.1 Å². The second-order valence-corrected chi connectivity index (χ2v) is 8.81. The van der Waals surface area contributed by atoms with E-state index < -0.39 is 18.5 Å². The first-order valence-electron chi connectivity index (χ1n) is 11.9. The minimum atomic E-state index is -0.610. The SMILES string of the molecule is Cc1nn(Cc2ccccc2)c(C)c1C(=O)OCC(=O)Nc1ccccc1C(=O)NC1CCCC1. The van der Waals surface area contributed by atoms with E-state index in [1.165, 1.54) is 0 Å². The number of nitrogens with one attached hydrogen (secondary N) is 2. The van der Waals surface area contributed by atoms with Crippen molar-refractivity contribution >= 4 is 23.5 Å². The van der Waals surface area contributed by atoms with Crippen molar-refractivity contribution in [2.24, 2.45) is 0 Å². The Morgan fingerprint density at radius 3 is 2.43 bits per heavy atom. The molecule has 1 aromatic heterocycles. The van der Waals surface area contributed by atoms with Gasteiger partial charge in [-0.2, -0.15) is 5.10 Å². The molecule has 4 rings (SSSR count). The molecule has 2 aromatic carbocycles. The Hall–Kier alpha value is -3.94. The van der Waals surface area contributed by atoms with Crippen molar-refractivity contribution in [3.8, 4) is 0 Å². The average molecular weight is 475 g/mol. The minimum absolute atomic E-state index is 0.168. The second kappa shape index (κ2) is 11.0. The van der Waals surface area contributed by atoms with Crippen LogP contribution in [0.5, 0.6) is 0 Å². The molecule has 0 spiro atoms. The highest BCUT2D eigenvalue weighted by Gasteiger charge is 2.22. The van der Waals surface area contributed by atoms with Gasteiger partial charge in [0.1, 0.15) is 5.56 Å². The summed E-state index contributed by atoms with van der Waals surface area (Å²) in [4.78, 5) is 38.0. The molecule has 2 amide bonds. The maximum atomic E-state index is 12.8. The molecule has 0 aliphatic heterocycles. The first-order valence-corrected chi connectivity index (χ1v) is 11.9. The number of para-hydroxylation sites is 1. The molecule has 1 aliphatic carbocycles. The number of nitrogens with zero attached hydrogens (tertiary/aromatic N) is 2. The van der Waals surface area contributed by atoms with Gasteiger partial charge in [-0.25, -0.2) is 4.79 Å². The van der Waals surface area contributed by atoms with Gasteiger partial charge >= 0.3 is 5.97 Å². The lowest BCUT2D eigenvalue weighted by Gasteiger charge is -2.15. The highest BCUT2D eigenvalue weighted by Crippen LogP contribution is 2.21. The molecular weight excluding hydrogens is 444 g/mol. The first kappa shape index (κ1) is 24.2. The summed E-state index contributed by atoms with van der Waals surface area (Å²) in [7, 11) is 0. The molecule has 0 bridgehead atoms. The van der Waals surface area contributed by atoms with Crippen LogP contribution in [-0.2, 0) is 16.1 Å². The zero-order valence-corrected chi connectivity index (χ0v) is 20.0. The molecule has 2 N–H and O–H groups in total. The summed E-state index contributed by atoms with van der Waals surface area (Å²) < 4.78 is 7.04. The number of aromatic nitrogens is 2. The van der Waals surface area contributed by atoms with Crippen molar-refractivity contribution < 1.29 is 19.1 Å². The molecule has 1 aliphatic rings. The summed E-state index contributed by atoms with van der Waals surface area (Å²) in [5, 5.41) is 10.2. The molecule has 1 heterocycles. The van der Waals surface area contributed by atoms with Crippen LogP contribution in [0.2, 0.25) is 0 Å². The monoisotopic (exact) mass is 474 g/mol. The van der Waals surface area contributed by atoms with E-state index in [1.807, 2.05) is 30.3 Å². The Labute approximate surface area is 204 Å². The molecule has 0 unspecified atom stereocenters. The molecular formula is C27H30N4O4. The second-order valence-electron chi connectivity index (χ2n) is 8.81. The summed E-state index contributed by atoms with van der Waals surface area (Å²) in [6.07, 6.45) is 4.16. The van der Waals surface area contributed by atoms with Crippen molar-refractivity contribution in [3.05, 3.63) is 82.7 Å². The van der Waals surface area contributed by atoms with E-state index in [9.17, 15) is 14.4 Å². The van der Waals surface area contributed by atoms with Gasteiger partial charge in [0, 0.05) is 6.04 Å². The van der Waals surface area contributed by atoms with Crippen molar-refractivity contribution in [1.29, 1.82) is 0 Å². The average Bonchev–Trinajstić information content (AvgIpc) is 3.46. The topological polar surface area (TPSA) is 102 Å². The predicted octanol–water partition coefficient (Wildman–Crippen LogP) is 4.02. The summed E-state index contributed by atoms with van der Waals surface area (Å²) in [6.45, 7) is 3.60. The van der Waals surface area contributed by atoms with E-state index in [0.717, 1.165) is 31.2 Å². The smallest absolute Gasteiger partial charge is 0.342 e.